The predicted molar refractivity (Wildman–Crippen MR) is 63.0 cm³/mol. The average Bonchev–Trinajstić information content (AvgIpc) is 2.68. The average molecular weight is 227 g/mol. The maximum atomic E-state index is 11.4. The lowest BCUT2D eigenvalue weighted by molar-refractivity contribution is -0.149. The number of hydrogen-bond donors (Lipinski definition) is 3. The SMILES string of the molecule is CCCCC1(C(=O)O)CCC(NC=NN)C1. The summed E-state index contributed by atoms with van der Waals surface area (Å²) in [7, 11) is 0. The number of hydrazone groups is 1. The van der Waals surface area contributed by atoms with Gasteiger partial charge in [0.1, 0.15) is 6.34 Å². The van der Waals surface area contributed by atoms with Crippen LogP contribution in [0.15, 0.2) is 5.10 Å². The highest BCUT2D eigenvalue weighted by molar-refractivity contribution is 5.75. The first-order valence-corrected chi connectivity index (χ1v) is 5.86. The van der Waals surface area contributed by atoms with Crippen LogP contribution in [-0.2, 0) is 4.79 Å². The minimum Gasteiger partial charge on any atom is -0.481 e. The molecule has 0 amide bonds. The molecule has 5 heteroatoms. The predicted octanol–water partition coefficient (Wildman–Crippen LogP) is 1.29. The molecule has 0 aromatic carbocycles. The van der Waals surface area contributed by atoms with Crippen LogP contribution in [0.5, 0.6) is 0 Å². The van der Waals surface area contributed by atoms with Crippen molar-refractivity contribution in [1.29, 1.82) is 0 Å². The van der Waals surface area contributed by atoms with Crippen molar-refractivity contribution in [3.8, 4) is 0 Å². The number of rotatable bonds is 6. The fourth-order valence-electron chi connectivity index (χ4n) is 2.46. The maximum absolute atomic E-state index is 11.4. The van der Waals surface area contributed by atoms with Gasteiger partial charge in [-0.05, 0) is 25.7 Å². The van der Waals surface area contributed by atoms with Gasteiger partial charge in [-0.1, -0.05) is 19.8 Å². The zero-order valence-corrected chi connectivity index (χ0v) is 9.78. The van der Waals surface area contributed by atoms with Gasteiger partial charge in [0.15, 0.2) is 0 Å². The Hall–Kier alpha value is -1.26. The van der Waals surface area contributed by atoms with Crippen molar-refractivity contribution < 1.29 is 9.90 Å². The van der Waals surface area contributed by atoms with Crippen LogP contribution in [-0.4, -0.2) is 23.5 Å². The van der Waals surface area contributed by atoms with Gasteiger partial charge in [0.25, 0.3) is 0 Å². The molecule has 0 aliphatic heterocycles. The quantitative estimate of drug-likeness (QED) is 0.276. The molecule has 1 aliphatic carbocycles. The molecule has 92 valence electrons. The molecule has 1 rings (SSSR count). The highest BCUT2D eigenvalue weighted by atomic mass is 16.4. The maximum Gasteiger partial charge on any atom is 0.309 e. The van der Waals surface area contributed by atoms with E-state index in [0.717, 1.165) is 32.1 Å². The molecule has 1 fully saturated rings. The van der Waals surface area contributed by atoms with Crippen LogP contribution < -0.4 is 11.2 Å². The highest BCUT2D eigenvalue weighted by Gasteiger charge is 2.44. The molecule has 16 heavy (non-hydrogen) atoms. The molecule has 4 N–H and O–H groups in total. The summed E-state index contributed by atoms with van der Waals surface area (Å²) < 4.78 is 0. The van der Waals surface area contributed by atoms with Crippen LogP contribution in [0.2, 0.25) is 0 Å². The summed E-state index contributed by atoms with van der Waals surface area (Å²) in [5.74, 6) is 4.35. The molecule has 0 saturated heterocycles. The van der Waals surface area contributed by atoms with Gasteiger partial charge in [-0.2, -0.15) is 5.10 Å². The lowest BCUT2D eigenvalue weighted by atomic mass is 9.81. The van der Waals surface area contributed by atoms with E-state index in [0.29, 0.717) is 6.42 Å². The molecule has 0 aromatic heterocycles. The van der Waals surface area contributed by atoms with Gasteiger partial charge in [-0.3, -0.25) is 4.79 Å². The van der Waals surface area contributed by atoms with E-state index in [2.05, 4.69) is 17.3 Å². The van der Waals surface area contributed by atoms with Crippen molar-refractivity contribution >= 4 is 12.3 Å². The van der Waals surface area contributed by atoms with Crippen molar-refractivity contribution in [2.45, 2.75) is 51.5 Å². The third-order valence-corrected chi connectivity index (χ3v) is 3.46. The van der Waals surface area contributed by atoms with Crippen molar-refractivity contribution in [2.75, 3.05) is 0 Å². The summed E-state index contributed by atoms with van der Waals surface area (Å²) >= 11 is 0. The third-order valence-electron chi connectivity index (χ3n) is 3.46. The van der Waals surface area contributed by atoms with E-state index in [1.54, 1.807) is 0 Å². The Kier molecular flexibility index (Phi) is 4.58. The second kappa shape index (κ2) is 5.72. The van der Waals surface area contributed by atoms with Gasteiger partial charge >= 0.3 is 5.97 Å². The van der Waals surface area contributed by atoms with Crippen molar-refractivity contribution in [3.05, 3.63) is 0 Å². The minimum atomic E-state index is -0.657. The molecule has 5 nitrogen and oxygen atoms in total. The van der Waals surface area contributed by atoms with Crippen LogP contribution in [0.25, 0.3) is 0 Å². The van der Waals surface area contributed by atoms with Gasteiger partial charge in [-0.15, -0.1) is 0 Å². The Morgan fingerprint density at radius 3 is 3.06 bits per heavy atom. The summed E-state index contributed by atoms with van der Waals surface area (Å²) in [6, 6.07) is 0.195. The van der Waals surface area contributed by atoms with Crippen LogP contribution in [0.1, 0.15) is 45.4 Å². The molecule has 0 radical (unpaired) electrons. The molecule has 1 aliphatic rings. The highest BCUT2D eigenvalue weighted by Crippen LogP contribution is 2.42. The van der Waals surface area contributed by atoms with Crippen LogP contribution in [0.3, 0.4) is 0 Å². The molecule has 0 heterocycles. The van der Waals surface area contributed by atoms with Gasteiger partial charge < -0.3 is 16.3 Å². The molecule has 0 bridgehead atoms. The molecular weight excluding hydrogens is 206 g/mol. The zero-order valence-electron chi connectivity index (χ0n) is 9.78. The number of aliphatic carboxylic acids is 1. The van der Waals surface area contributed by atoms with Crippen LogP contribution in [0.4, 0.5) is 0 Å². The van der Waals surface area contributed by atoms with E-state index in [1.807, 2.05) is 0 Å². The molecule has 1 saturated carbocycles. The summed E-state index contributed by atoms with van der Waals surface area (Å²) in [5, 5.41) is 15.8. The molecule has 0 aromatic rings. The van der Waals surface area contributed by atoms with E-state index < -0.39 is 11.4 Å². The van der Waals surface area contributed by atoms with Crippen LogP contribution >= 0.6 is 0 Å². The number of carboxylic acids is 1. The van der Waals surface area contributed by atoms with Crippen molar-refractivity contribution in [2.24, 2.45) is 16.4 Å². The largest absolute Gasteiger partial charge is 0.481 e. The second-order valence-corrected chi connectivity index (χ2v) is 4.57. The summed E-state index contributed by atoms with van der Waals surface area (Å²) in [5.41, 5.74) is -0.532. The third kappa shape index (κ3) is 2.87. The van der Waals surface area contributed by atoms with E-state index in [1.165, 1.54) is 6.34 Å². The first kappa shape index (κ1) is 12.8. The van der Waals surface area contributed by atoms with Gasteiger partial charge in [-0.25, -0.2) is 0 Å². The number of nitrogens with one attached hydrogen (secondary N) is 1. The molecule has 2 unspecified atom stereocenters. The minimum absolute atomic E-state index is 0.195. The molecular formula is C11H21N3O2. The summed E-state index contributed by atoms with van der Waals surface area (Å²) in [6.07, 6.45) is 6.54. The van der Waals surface area contributed by atoms with Crippen molar-refractivity contribution in [3.63, 3.8) is 0 Å². The number of unbranched alkanes of at least 4 members (excludes halogenated alkanes) is 1. The zero-order chi connectivity index (χ0) is 12.0. The summed E-state index contributed by atoms with van der Waals surface area (Å²) in [6.45, 7) is 2.08. The fourth-order valence-corrected chi connectivity index (χ4v) is 2.46. The fraction of sp³-hybridized carbons (Fsp3) is 0.818. The number of nitrogens with two attached hydrogens (primary N) is 1. The topological polar surface area (TPSA) is 87.7 Å². The number of carboxylic acid groups (broad SMARTS) is 1. The number of nitrogens with zero attached hydrogens (tertiary/aromatic N) is 1. The molecule has 0 spiro atoms. The Morgan fingerprint density at radius 2 is 2.50 bits per heavy atom. The van der Waals surface area contributed by atoms with E-state index in [-0.39, 0.29) is 6.04 Å². The number of hydrogen-bond acceptors (Lipinski definition) is 3. The van der Waals surface area contributed by atoms with Gasteiger partial charge in [0.05, 0.1) is 5.41 Å². The lowest BCUT2D eigenvalue weighted by Crippen LogP contribution is -2.32. The van der Waals surface area contributed by atoms with Gasteiger partial charge in [0.2, 0.25) is 0 Å². The monoisotopic (exact) mass is 227 g/mol. The van der Waals surface area contributed by atoms with Crippen molar-refractivity contribution in [1.82, 2.24) is 5.32 Å². The van der Waals surface area contributed by atoms with E-state index in [4.69, 9.17) is 5.84 Å². The molecule has 2 atom stereocenters. The Labute approximate surface area is 96.1 Å². The standard InChI is InChI=1S/C11H21N3O2/c1-2-3-5-11(10(15)16)6-4-9(7-11)13-8-14-12/h8-9H,2-7,12H2,1H3,(H,13,14)(H,15,16). The summed E-state index contributed by atoms with van der Waals surface area (Å²) in [4.78, 5) is 11.4. The first-order valence-electron chi connectivity index (χ1n) is 5.86. The van der Waals surface area contributed by atoms with E-state index >= 15 is 0 Å². The Bertz CT molecular complexity index is 268. The smallest absolute Gasteiger partial charge is 0.309 e. The normalized spacial score (nSPS) is 29.7. The Morgan fingerprint density at radius 1 is 1.75 bits per heavy atom. The first-order chi connectivity index (χ1) is 7.64. The Balaban J connectivity index is 2.57. The lowest BCUT2D eigenvalue weighted by Gasteiger charge is -2.24. The number of carbonyl (C=O) groups is 1. The van der Waals surface area contributed by atoms with E-state index in [9.17, 15) is 9.90 Å². The van der Waals surface area contributed by atoms with Crippen LogP contribution in [0, 0.1) is 5.41 Å². The van der Waals surface area contributed by atoms with Gasteiger partial charge in [0, 0.05) is 6.04 Å². The second-order valence-electron chi connectivity index (χ2n) is 4.57.